The van der Waals surface area contributed by atoms with Gasteiger partial charge in [0, 0.05) is 30.8 Å². The van der Waals surface area contributed by atoms with Crippen molar-refractivity contribution in [3.63, 3.8) is 0 Å². The van der Waals surface area contributed by atoms with Crippen molar-refractivity contribution < 1.29 is 4.79 Å². The predicted octanol–water partition coefficient (Wildman–Crippen LogP) is 3.02. The zero-order chi connectivity index (χ0) is 17.0. The maximum atomic E-state index is 12.7. The Kier molecular flexibility index (Phi) is 3.38. The van der Waals surface area contributed by atoms with Crippen molar-refractivity contribution in [2.45, 2.75) is 38.1 Å². The van der Waals surface area contributed by atoms with E-state index in [-0.39, 0.29) is 11.9 Å². The molecule has 2 aliphatic rings. The van der Waals surface area contributed by atoms with Crippen molar-refractivity contribution in [3.05, 3.63) is 40.7 Å². The van der Waals surface area contributed by atoms with Crippen LogP contribution < -0.4 is 0 Å². The SMILES string of the molecule is CCc1nc2ccc(C(=O)N3CC(n4cc(C5CC5)nn4)C3)cc2s1. The lowest BCUT2D eigenvalue weighted by atomic mass is 10.1. The highest BCUT2D eigenvalue weighted by molar-refractivity contribution is 7.18. The summed E-state index contributed by atoms with van der Waals surface area (Å²) in [5.74, 6) is 0.706. The van der Waals surface area contributed by atoms with Gasteiger partial charge < -0.3 is 4.90 Å². The summed E-state index contributed by atoms with van der Waals surface area (Å²) in [5, 5.41) is 9.61. The first-order chi connectivity index (χ1) is 12.2. The average molecular weight is 353 g/mol. The van der Waals surface area contributed by atoms with Gasteiger partial charge in [0.15, 0.2) is 0 Å². The fourth-order valence-corrected chi connectivity index (χ4v) is 4.21. The molecule has 3 aromatic rings. The molecule has 2 aromatic heterocycles. The van der Waals surface area contributed by atoms with E-state index in [2.05, 4.69) is 28.4 Å². The van der Waals surface area contributed by atoms with Gasteiger partial charge in [-0.15, -0.1) is 16.4 Å². The zero-order valence-electron chi connectivity index (χ0n) is 14.1. The summed E-state index contributed by atoms with van der Waals surface area (Å²) in [6.45, 7) is 3.50. The Morgan fingerprint density at radius 2 is 2.16 bits per heavy atom. The fraction of sp³-hybridized carbons (Fsp3) is 0.444. The highest BCUT2D eigenvalue weighted by Crippen LogP contribution is 2.39. The normalized spacial score (nSPS) is 17.9. The molecule has 25 heavy (non-hydrogen) atoms. The fourth-order valence-electron chi connectivity index (χ4n) is 3.26. The van der Waals surface area contributed by atoms with Crippen molar-refractivity contribution >= 4 is 27.5 Å². The molecule has 3 heterocycles. The molecule has 0 radical (unpaired) electrons. The van der Waals surface area contributed by atoms with Crippen LogP contribution >= 0.6 is 11.3 Å². The van der Waals surface area contributed by atoms with E-state index in [1.807, 2.05) is 27.8 Å². The molecule has 2 fully saturated rings. The van der Waals surface area contributed by atoms with Crippen molar-refractivity contribution in [2.24, 2.45) is 0 Å². The standard InChI is InChI=1S/C18H19N5OS/c1-2-17-19-14-6-5-12(7-16(14)25-17)18(24)22-8-13(9-22)23-10-15(20-21-23)11-3-4-11/h5-7,10-11,13H,2-4,8-9H2,1H3. The van der Waals surface area contributed by atoms with E-state index in [9.17, 15) is 4.79 Å². The molecule has 1 amide bonds. The predicted molar refractivity (Wildman–Crippen MR) is 95.9 cm³/mol. The maximum Gasteiger partial charge on any atom is 0.254 e. The molecule has 0 N–H and O–H groups in total. The lowest BCUT2D eigenvalue weighted by Crippen LogP contribution is -2.50. The minimum atomic E-state index is 0.0899. The number of rotatable bonds is 4. The van der Waals surface area contributed by atoms with Gasteiger partial charge in [0.2, 0.25) is 0 Å². The van der Waals surface area contributed by atoms with Crippen LogP contribution in [0.3, 0.4) is 0 Å². The van der Waals surface area contributed by atoms with Gasteiger partial charge in [-0.05, 0) is 37.5 Å². The van der Waals surface area contributed by atoms with Gasteiger partial charge in [0.25, 0.3) is 5.91 Å². The molecule has 1 saturated heterocycles. The van der Waals surface area contributed by atoms with Crippen LogP contribution in [0.15, 0.2) is 24.4 Å². The van der Waals surface area contributed by atoms with Crippen LogP contribution in [0.1, 0.15) is 52.8 Å². The second-order valence-electron chi connectivity index (χ2n) is 6.91. The minimum Gasteiger partial charge on any atom is -0.334 e. The molecule has 1 saturated carbocycles. The van der Waals surface area contributed by atoms with Gasteiger partial charge in [-0.3, -0.25) is 4.79 Å². The first-order valence-corrected chi connectivity index (χ1v) is 9.63. The first kappa shape index (κ1) is 15.0. The van der Waals surface area contributed by atoms with E-state index in [4.69, 9.17) is 0 Å². The molecule has 128 valence electrons. The topological polar surface area (TPSA) is 63.9 Å². The molecule has 0 spiro atoms. The van der Waals surface area contributed by atoms with Gasteiger partial charge in [-0.25, -0.2) is 9.67 Å². The second-order valence-corrected chi connectivity index (χ2v) is 8.02. The summed E-state index contributed by atoms with van der Waals surface area (Å²) in [7, 11) is 0. The number of amides is 1. The summed E-state index contributed by atoms with van der Waals surface area (Å²) < 4.78 is 3.02. The number of carbonyl (C=O) groups excluding carboxylic acids is 1. The third-order valence-electron chi connectivity index (χ3n) is 5.03. The largest absolute Gasteiger partial charge is 0.334 e. The number of nitrogens with zero attached hydrogens (tertiary/aromatic N) is 5. The van der Waals surface area contributed by atoms with Crippen LogP contribution in [-0.2, 0) is 6.42 Å². The highest BCUT2D eigenvalue weighted by Gasteiger charge is 2.34. The summed E-state index contributed by atoms with van der Waals surface area (Å²) in [6, 6.07) is 6.07. The summed E-state index contributed by atoms with van der Waals surface area (Å²) in [5.41, 5.74) is 2.83. The Balaban J connectivity index is 1.28. The lowest BCUT2D eigenvalue weighted by molar-refractivity contribution is 0.0498. The van der Waals surface area contributed by atoms with E-state index < -0.39 is 0 Å². The quantitative estimate of drug-likeness (QED) is 0.723. The van der Waals surface area contributed by atoms with Gasteiger partial charge >= 0.3 is 0 Å². The Morgan fingerprint density at radius 3 is 2.92 bits per heavy atom. The number of carbonyl (C=O) groups is 1. The summed E-state index contributed by atoms with van der Waals surface area (Å²) in [6.07, 6.45) is 5.44. The molecule has 0 unspecified atom stereocenters. The van der Waals surface area contributed by atoms with Crippen LogP contribution in [-0.4, -0.2) is 43.9 Å². The molecule has 1 aliphatic heterocycles. The zero-order valence-corrected chi connectivity index (χ0v) is 14.9. The number of aromatic nitrogens is 4. The summed E-state index contributed by atoms with van der Waals surface area (Å²) in [4.78, 5) is 19.2. The third-order valence-corrected chi connectivity index (χ3v) is 6.19. The number of fused-ring (bicyclic) bond motifs is 1. The average Bonchev–Trinajstić information content (AvgIpc) is 3.17. The van der Waals surface area contributed by atoms with Gasteiger partial charge in [-0.2, -0.15) is 0 Å². The Hall–Kier alpha value is -2.28. The molecule has 6 nitrogen and oxygen atoms in total. The second kappa shape index (κ2) is 5.62. The first-order valence-electron chi connectivity index (χ1n) is 8.81. The van der Waals surface area contributed by atoms with Crippen LogP contribution in [0.2, 0.25) is 0 Å². The molecule has 1 aromatic carbocycles. The maximum absolute atomic E-state index is 12.7. The van der Waals surface area contributed by atoms with Crippen LogP contribution in [0.4, 0.5) is 0 Å². The molecule has 7 heteroatoms. The third kappa shape index (κ3) is 2.63. The monoisotopic (exact) mass is 353 g/mol. The minimum absolute atomic E-state index is 0.0899. The van der Waals surface area contributed by atoms with Crippen LogP contribution in [0.25, 0.3) is 10.2 Å². The van der Waals surface area contributed by atoms with E-state index in [0.717, 1.165) is 32.9 Å². The molecular weight excluding hydrogens is 334 g/mol. The molecule has 0 atom stereocenters. The highest BCUT2D eigenvalue weighted by atomic mass is 32.1. The van der Waals surface area contributed by atoms with Crippen molar-refractivity contribution in [2.75, 3.05) is 13.1 Å². The van der Waals surface area contributed by atoms with Gasteiger partial charge in [0.1, 0.15) is 0 Å². The Bertz CT molecular complexity index is 951. The van der Waals surface area contributed by atoms with Crippen molar-refractivity contribution in [3.8, 4) is 0 Å². The number of aryl methyl sites for hydroxylation is 1. The van der Waals surface area contributed by atoms with Gasteiger partial charge in [-0.1, -0.05) is 12.1 Å². The Morgan fingerprint density at radius 1 is 1.32 bits per heavy atom. The van der Waals surface area contributed by atoms with E-state index in [1.165, 1.54) is 12.8 Å². The smallest absolute Gasteiger partial charge is 0.254 e. The molecular formula is C18H19N5OS. The van der Waals surface area contributed by atoms with E-state index in [1.54, 1.807) is 11.3 Å². The van der Waals surface area contributed by atoms with Crippen molar-refractivity contribution in [1.29, 1.82) is 0 Å². The Labute approximate surface area is 149 Å². The number of thiazole rings is 1. The van der Waals surface area contributed by atoms with E-state index >= 15 is 0 Å². The van der Waals surface area contributed by atoms with Crippen LogP contribution in [0.5, 0.6) is 0 Å². The molecule has 5 rings (SSSR count). The number of likely N-dealkylation sites (tertiary alicyclic amines) is 1. The van der Waals surface area contributed by atoms with Crippen molar-refractivity contribution in [1.82, 2.24) is 24.9 Å². The molecule has 0 bridgehead atoms. The van der Waals surface area contributed by atoms with Crippen LogP contribution in [0, 0.1) is 0 Å². The molecule has 1 aliphatic carbocycles. The van der Waals surface area contributed by atoms with Gasteiger partial charge in [0.05, 0.1) is 27.0 Å². The summed E-state index contributed by atoms with van der Waals surface area (Å²) >= 11 is 1.67. The van der Waals surface area contributed by atoms with E-state index in [0.29, 0.717) is 19.0 Å². The number of hydrogen-bond donors (Lipinski definition) is 0. The lowest BCUT2D eigenvalue weighted by Gasteiger charge is -2.38. The number of benzene rings is 1. The number of hydrogen-bond acceptors (Lipinski definition) is 5.